The zero-order valence-electron chi connectivity index (χ0n) is 18.7. The van der Waals surface area contributed by atoms with Gasteiger partial charge in [-0.25, -0.2) is 9.37 Å². The minimum atomic E-state index is -0.424. The molecule has 34 heavy (non-hydrogen) atoms. The van der Waals surface area contributed by atoms with E-state index in [2.05, 4.69) is 16.5 Å². The average molecular weight is 481 g/mol. The largest absolute Gasteiger partial charge is 0.454 e. The van der Waals surface area contributed by atoms with E-state index in [9.17, 15) is 14.0 Å². The van der Waals surface area contributed by atoms with Gasteiger partial charge in [0, 0.05) is 38.1 Å². The summed E-state index contributed by atoms with van der Waals surface area (Å²) in [6, 6.07) is 6.29. The van der Waals surface area contributed by atoms with Gasteiger partial charge in [0.15, 0.2) is 5.58 Å². The number of benzene rings is 2. The molecule has 1 saturated heterocycles. The molecule has 1 fully saturated rings. The Hall–Kier alpha value is -3.65. The van der Waals surface area contributed by atoms with Crippen LogP contribution in [0, 0.1) is 5.82 Å². The summed E-state index contributed by atoms with van der Waals surface area (Å²) < 4.78 is 20.7. The minimum absolute atomic E-state index is 0.0867. The standard InChI is InChI=1S/C25H22ClFN4O3/c1-4-20(33)31-9-8-30(12-14(31)2)24-15-10-16(26)21-22-17(27)6-5-7-19(22)34-25(21)23(15)28-11-18(24)29(3)13-32/h4-7,10-11,13-14H,1,8-9,12H2,2-3H3. The molecular formula is C25H22ClFN4O3. The second-order valence-electron chi connectivity index (χ2n) is 8.41. The van der Waals surface area contributed by atoms with Crippen LogP contribution in [-0.2, 0) is 9.59 Å². The van der Waals surface area contributed by atoms with Crippen molar-refractivity contribution in [3.05, 3.63) is 54.0 Å². The van der Waals surface area contributed by atoms with Gasteiger partial charge in [-0.1, -0.05) is 24.2 Å². The number of nitrogens with zero attached hydrogens (tertiary/aromatic N) is 4. The Morgan fingerprint density at radius 3 is 2.85 bits per heavy atom. The third-order valence-corrected chi connectivity index (χ3v) is 6.70. The molecule has 0 N–H and O–H groups in total. The molecule has 0 saturated carbocycles. The lowest BCUT2D eigenvalue weighted by Gasteiger charge is -2.41. The van der Waals surface area contributed by atoms with E-state index in [4.69, 9.17) is 16.0 Å². The van der Waals surface area contributed by atoms with E-state index in [0.717, 1.165) is 5.69 Å². The lowest BCUT2D eigenvalue weighted by Crippen LogP contribution is -2.54. The zero-order chi connectivity index (χ0) is 24.1. The highest BCUT2D eigenvalue weighted by Gasteiger charge is 2.30. The Bertz CT molecular complexity index is 1480. The fourth-order valence-electron chi connectivity index (χ4n) is 4.78. The molecule has 2 amide bonds. The molecule has 2 aromatic carbocycles. The maximum atomic E-state index is 14.7. The van der Waals surface area contributed by atoms with E-state index in [1.165, 1.54) is 17.0 Å². The number of hydrogen-bond donors (Lipinski definition) is 0. The maximum absolute atomic E-state index is 14.7. The number of carbonyl (C=O) groups excluding carboxylic acids is 2. The molecule has 0 radical (unpaired) electrons. The molecule has 9 heteroatoms. The third-order valence-electron chi connectivity index (χ3n) is 6.40. The van der Waals surface area contributed by atoms with Gasteiger partial charge in [0.25, 0.3) is 0 Å². The van der Waals surface area contributed by atoms with Crippen molar-refractivity contribution in [1.82, 2.24) is 9.88 Å². The van der Waals surface area contributed by atoms with Crippen molar-refractivity contribution in [3.63, 3.8) is 0 Å². The minimum Gasteiger partial charge on any atom is -0.454 e. The Morgan fingerprint density at radius 2 is 2.15 bits per heavy atom. The number of anilines is 2. The van der Waals surface area contributed by atoms with Crippen molar-refractivity contribution >= 4 is 68.1 Å². The number of hydrogen-bond acceptors (Lipinski definition) is 5. The number of pyridine rings is 1. The van der Waals surface area contributed by atoms with Gasteiger partial charge >= 0.3 is 0 Å². The molecule has 4 aromatic rings. The zero-order valence-corrected chi connectivity index (χ0v) is 19.5. The van der Waals surface area contributed by atoms with Crippen LogP contribution in [0.15, 0.2) is 47.5 Å². The van der Waals surface area contributed by atoms with Crippen LogP contribution in [0.25, 0.3) is 32.8 Å². The van der Waals surface area contributed by atoms with Crippen LogP contribution in [-0.4, -0.2) is 54.9 Å². The molecule has 0 spiro atoms. The highest BCUT2D eigenvalue weighted by molar-refractivity contribution is 6.40. The fraction of sp³-hybridized carbons (Fsp3) is 0.240. The Labute approximate surface area is 200 Å². The first kappa shape index (κ1) is 22.2. The van der Waals surface area contributed by atoms with E-state index in [1.54, 1.807) is 36.3 Å². The summed E-state index contributed by atoms with van der Waals surface area (Å²) in [6.07, 6.45) is 3.63. The molecular weight excluding hydrogens is 459 g/mol. The van der Waals surface area contributed by atoms with Crippen molar-refractivity contribution < 1.29 is 18.4 Å². The van der Waals surface area contributed by atoms with Crippen molar-refractivity contribution in [3.8, 4) is 0 Å². The normalized spacial score (nSPS) is 16.4. The van der Waals surface area contributed by atoms with Gasteiger partial charge in [0.05, 0.1) is 33.4 Å². The van der Waals surface area contributed by atoms with Gasteiger partial charge in [0.2, 0.25) is 12.3 Å². The van der Waals surface area contributed by atoms with Crippen LogP contribution >= 0.6 is 11.6 Å². The lowest BCUT2D eigenvalue weighted by atomic mass is 10.0. The molecule has 174 valence electrons. The van der Waals surface area contributed by atoms with Gasteiger partial charge in [-0.3, -0.25) is 9.59 Å². The third kappa shape index (κ3) is 3.28. The van der Waals surface area contributed by atoms with E-state index in [0.29, 0.717) is 69.6 Å². The maximum Gasteiger partial charge on any atom is 0.246 e. The number of carbonyl (C=O) groups is 2. The summed E-state index contributed by atoms with van der Waals surface area (Å²) in [7, 11) is 1.65. The molecule has 3 heterocycles. The van der Waals surface area contributed by atoms with Gasteiger partial charge < -0.3 is 19.1 Å². The summed E-state index contributed by atoms with van der Waals surface area (Å²) >= 11 is 6.70. The second-order valence-corrected chi connectivity index (χ2v) is 8.82. The molecule has 7 nitrogen and oxygen atoms in total. The van der Waals surface area contributed by atoms with Gasteiger partial charge in [-0.05, 0) is 31.2 Å². The van der Waals surface area contributed by atoms with E-state index < -0.39 is 5.82 Å². The second kappa shape index (κ2) is 8.29. The van der Waals surface area contributed by atoms with Crippen molar-refractivity contribution in [2.24, 2.45) is 0 Å². The molecule has 1 aliphatic rings. The molecule has 1 aliphatic heterocycles. The van der Waals surface area contributed by atoms with Crippen molar-refractivity contribution in [2.75, 3.05) is 36.5 Å². The SMILES string of the molecule is C=CC(=O)N1CCN(c2c(N(C)C=O)cnc3c2cc(Cl)c2c3oc3cccc(F)c32)CC1C. The first-order valence-electron chi connectivity index (χ1n) is 10.8. The van der Waals surface area contributed by atoms with Crippen LogP contribution in [0.1, 0.15) is 6.92 Å². The summed E-state index contributed by atoms with van der Waals surface area (Å²) in [4.78, 5) is 33.8. The Morgan fingerprint density at radius 1 is 1.35 bits per heavy atom. The Kier molecular flexibility index (Phi) is 5.40. The predicted octanol–water partition coefficient (Wildman–Crippen LogP) is 4.74. The monoisotopic (exact) mass is 480 g/mol. The quantitative estimate of drug-likeness (QED) is 0.311. The van der Waals surface area contributed by atoms with Crippen LogP contribution in [0.3, 0.4) is 0 Å². The highest BCUT2D eigenvalue weighted by Crippen LogP contribution is 2.44. The number of aromatic nitrogens is 1. The van der Waals surface area contributed by atoms with Crippen molar-refractivity contribution in [2.45, 2.75) is 13.0 Å². The van der Waals surface area contributed by atoms with Crippen LogP contribution in [0.5, 0.6) is 0 Å². The number of furan rings is 1. The molecule has 0 bridgehead atoms. The number of rotatable bonds is 4. The van der Waals surface area contributed by atoms with Crippen LogP contribution < -0.4 is 9.80 Å². The lowest BCUT2D eigenvalue weighted by molar-refractivity contribution is -0.128. The molecule has 1 unspecified atom stereocenters. The first-order valence-corrected chi connectivity index (χ1v) is 11.2. The van der Waals surface area contributed by atoms with Crippen molar-refractivity contribution in [1.29, 1.82) is 0 Å². The summed E-state index contributed by atoms with van der Waals surface area (Å²) in [5, 5.41) is 1.78. The fourth-order valence-corrected chi connectivity index (χ4v) is 5.07. The van der Waals surface area contributed by atoms with Crippen LogP contribution in [0.4, 0.5) is 15.8 Å². The number of fused-ring (bicyclic) bond motifs is 5. The van der Waals surface area contributed by atoms with E-state index in [1.807, 2.05) is 6.92 Å². The molecule has 2 aromatic heterocycles. The summed E-state index contributed by atoms with van der Waals surface area (Å²) in [6.45, 7) is 7.11. The summed E-state index contributed by atoms with van der Waals surface area (Å²) in [5.74, 6) is -0.544. The smallest absolute Gasteiger partial charge is 0.246 e. The van der Waals surface area contributed by atoms with Gasteiger partial charge in [-0.15, -0.1) is 0 Å². The van der Waals surface area contributed by atoms with E-state index >= 15 is 0 Å². The van der Waals surface area contributed by atoms with E-state index in [-0.39, 0.29) is 11.9 Å². The highest BCUT2D eigenvalue weighted by atomic mass is 35.5. The van der Waals surface area contributed by atoms with Gasteiger partial charge in [0.1, 0.15) is 16.9 Å². The number of halogens is 2. The number of amides is 2. The van der Waals surface area contributed by atoms with Crippen LogP contribution in [0.2, 0.25) is 5.02 Å². The molecule has 5 rings (SSSR count). The first-order chi connectivity index (χ1) is 16.3. The molecule has 1 atom stereocenters. The topological polar surface area (TPSA) is 69.9 Å². The molecule has 0 aliphatic carbocycles. The summed E-state index contributed by atoms with van der Waals surface area (Å²) in [5.41, 5.74) is 2.63. The number of piperazine rings is 1. The van der Waals surface area contributed by atoms with Gasteiger partial charge in [-0.2, -0.15) is 0 Å². The Balaban J connectivity index is 1.76. The predicted molar refractivity (Wildman–Crippen MR) is 132 cm³/mol. The average Bonchev–Trinajstić information content (AvgIpc) is 3.24.